The fourth-order valence-electron chi connectivity index (χ4n) is 8.95. The second kappa shape index (κ2) is 27.2. The molecule has 4 heteroatoms. The van der Waals surface area contributed by atoms with Gasteiger partial charge in [-0.15, -0.1) is 0 Å². The summed E-state index contributed by atoms with van der Waals surface area (Å²) in [5, 5.41) is 0. The van der Waals surface area contributed by atoms with Crippen molar-refractivity contribution >= 4 is 0 Å². The van der Waals surface area contributed by atoms with Gasteiger partial charge in [0.2, 0.25) is 0 Å². The van der Waals surface area contributed by atoms with Crippen molar-refractivity contribution in [3.8, 4) is 0 Å². The van der Waals surface area contributed by atoms with Crippen LogP contribution in [-0.4, -0.2) is 96.1 Å². The number of piperidine rings is 2. The van der Waals surface area contributed by atoms with Crippen molar-refractivity contribution in [1.29, 1.82) is 0 Å². The zero-order valence-electron chi connectivity index (χ0n) is 44.7. The molecule has 4 heterocycles. The molecule has 0 radical (unpaired) electrons. The molecular formula is C55H114N4. The monoisotopic (exact) mass is 831 g/mol. The quantitative estimate of drug-likeness (QED) is 0.280. The summed E-state index contributed by atoms with van der Waals surface area (Å²) in [7, 11) is 0. The van der Waals surface area contributed by atoms with E-state index in [4.69, 9.17) is 0 Å². The zero-order chi connectivity index (χ0) is 45.2. The van der Waals surface area contributed by atoms with Crippen LogP contribution in [0.25, 0.3) is 0 Å². The summed E-state index contributed by atoms with van der Waals surface area (Å²) in [5.41, 5.74) is 3.28. The highest BCUT2D eigenvalue weighted by Crippen LogP contribution is 2.54. The number of nitrogens with zero attached hydrogens (tertiary/aromatic N) is 4. The standard InChI is InChI=1S/3C10H19N.C9H17N.4C4H10/c1-9(2)11-7-5-10(3-4-10)6-8-11;1-9(2)11-7-3-4-10(8-11)5-6-10;1-9(2)11-7-6-10(8-11)4-3-5-10;1-8(2)10-6-5-9(7-10)3-4-9;4*1-4(2)3/h3*9H,3-8H2,1-2H3;8H,3-7H2,1-2H3;4*4H,1-3H3. The fraction of sp³-hybridized carbons (Fsp3) is 1.00. The van der Waals surface area contributed by atoms with Crippen LogP contribution in [0, 0.1) is 45.3 Å². The lowest BCUT2D eigenvalue weighted by Gasteiger charge is -2.38. The molecule has 0 aromatic rings. The van der Waals surface area contributed by atoms with Gasteiger partial charge in [-0.2, -0.15) is 0 Å². The summed E-state index contributed by atoms with van der Waals surface area (Å²) >= 11 is 0. The van der Waals surface area contributed by atoms with Gasteiger partial charge in [-0.3, -0.25) is 0 Å². The molecule has 59 heavy (non-hydrogen) atoms. The second-order valence-corrected chi connectivity index (χ2v) is 25.2. The lowest BCUT2D eigenvalue weighted by molar-refractivity contribution is 0.128. The van der Waals surface area contributed by atoms with Crippen molar-refractivity contribution in [1.82, 2.24) is 19.6 Å². The Bertz CT molecular complexity index is 994. The molecule has 0 bridgehead atoms. The van der Waals surface area contributed by atoms with Crippen LogP contribution in [0.15, 0.2) is 0 Å². The molecule has 0 aromatic heterocycles. The molecule has 4 spiro atoms. The van der Waals surface area contributed by atoms with Crippen molar-refractivity contribution in [3.63, 3.8) is 0 Å². The third kappa shape index (κ3) is 25.1. The first-order valence-corrected chi connectivity index (χ1v) is 26.3. The summed E-state index contributed by atoms with van der Waals surface area (Å²) in [6.45, 7) is 55.5. The minimum Gasteiger partial charge on any atom is -0.301 e. The third-order valence-electron chi connectivity index (χ3n) is 13.7. The van der Waals surface area contributed by atoms with Crippen molar-refractivity contribution in [3.05, 3.63) is 0 Å². The summed E-state index contributed by atoms with van der Waals surface area (Å²) in [6.07, 6.45) is 22.5. The first-order valence-electron chi connectivity index (χ1n) is 26.3. The molecule has 0 N–H and O–H groups in total. The van der Waals surface area contributed by atoms with E-state index in [-0.39, 0.29) is 0 Å². The largest absolute Gasteiger partial charge is 0.301 e. The first-order chi connectivity index (χ1) is 27.3. The van der Waals surface area contributed by atoms with E-state index in [2.05, 4.69) is 158 Å². The smallest absolute Gasteiger partial charge is 0.00412 e. The minimum absolute atomic E-state index is 0.770. The van der Waals surface area contributed by atoms with E-state index in [0.29, 0.717) is 0 Å². The van der Waals surface area contributed by atoms with Gasteiger partial charge in [-0.05, 0) is 223 Å². The highest BCUT2D eigenvalue weighted by atomic mass is 15.2. The predicted octanol–water partition coefficient (Wildman–Crippen LogP) is 15.3. The van der Waals surface area contributed by atoms with Gasteiger partial charge >= 0.3 is 0 Å². The van der Waals surface area contributed by atoms with Crippen molar-refractivity contribution in [2.45, 2.75) is 259 Å². The Morgan fingerprint density at radius 2 is 0.458 bits per heavy atom. The Hall–Kier alpha value is -0.160. The molecule has 8 rings (SSSR count). The van der Waals surface area contributed by atoms with E-state index in [9.17, 15) is 0 Å². The maximum Gasteiger partial charge on any atom is 0.00412 e. The molecular weight excluding hydrogens is 717 g/mol. The van der Waals surface area contributed by atoms with Crippen LogP contribution < -0.4 is 0 Å². The van der Waals surface area contributed by atoms with Crippen LogP contribution in [0.3, 0.4) is 0 Å². The average molecular weight is 832 g/mol. The maximum absolute atomic E-state index is 2.65. The summed E-state index contributed by atoms with van der Waals surface area (Å²) in [6, 6.07) is 3.09. The van der Waals surface area contributed by atoms with Gasteiger partial charge in [-0.25, -0.2) is 0 Å². The van der Waals surface area contributed by atoms with Gasteiger partial charge in [0.25, 0.3) is 0 Å². The SMILES string of the molecule is CC(C)C.CC(C)C.CC(C)C.CC(C)C.CC(C)N1CCC2(CC1)CC2.CC(C)N1CCC2(CC2)C1.CC(C)N1CCC2(CCC2)C1.CC(C)N1CCCC2(CC2)C1. The molecule has 0 amide bonds. The van der Waals surface area contributed by atoms with E-state index in [1.165, 1.54) is 149 Å². The normalized spacial score (nSPS) is 24.2. The van der Waals surface area contributed by atoms with Crippen LogP contribution >= 0.6 is 0 Å². The van der Waals surface area contributed by atoms with E-state index in [0.717, 1.165) is 69.5 Å². The summed E-state index contributed by atoms with van der Waals surface area (Å²) in [5.74, 6) is 3.33. The Labute approximate surface area is 374 Å². The van der Waals surface area contributed by atoms with Gasteiger partial charge in [0.15, 0.2) is 0 Å². The number of hydrogen-bond donors (Lipinski definition) is 0. The topological polar surface area (TPSA) is 13.0 Å². The highest BCUT2D eigenvalue weighted by Gasteiger charge is 2.48. The summed E-state index contributed by atoms with van der Waals surface area (Å²) < 4.78 is 0. The summed E-state index contributed by atoms with van der Waals surface area (Å²) in [4.78, 5) is 10.5. The van der Waals surface area contributed by atoms with E-state index < -0.39 is 0 Å². The van der Waals surface area contributed by atoms with Crippen molar-refractivity contribution in [2.24, 2.45) is 45.3 Å². The Kier molecular flexibility index (Phi) is 26.2. The average Bonchev–Trinajstić information content (AvgIpc) is 4.05. The lowest BCUT2D eigenvalue weighted by Crippen LogP contribution is -2.40. The first kappa shape index (κ1) is 56.9. The van der Waals surface area contributed by atoms with Crippen LogP contribution in [0.4, 0.5) is 0 Å². The minimum atomic E-state index is 0.770. The van der Waals surface area contributed by atoms with Crippen LogP contribution in [0.5, 0.6) is 0 Å². The molecule has 0 unspecified atom stereocenters. The number of likely N-dealkylation sites (tertiary alicyclic amines) is 4. The van der Waals surface area contributed by atoms with Crippen molar-refractivity contribution in [2.75, 3.05) is 52.4 Å². The molecule has 8 fully saturated rings. The van der Waals surface area contributed by atoms with Gasteiger partial charge in [0.1, 0.15) is 0 Å². The van der Waals surface area contributed by atoms with E-state index in [1.807, 2.05) is 0 Å². The van der Waals surface area contributed by atoms with Crippen molar-refractivity contribution < 1.29 is 0 Å². The molecule has 4 saturated carbocycles. The molecule has 0 aromatic carbocycles. The van der Waals surface area contributed by atoms with Gasteiger partial charge in [-0.1, -0.05) is 89.5 Å². The van der Waals surface area contributed by atoms with Crippen LogP contribution in [-0.2, 0) is 0 Å². The second-order valence-electron chi connectivity index (χ2n) is 25.2. The predicted molar refractivity (Wildman–Crippen MR) is 268 cm³/mol. The fourth-order valence-corrected chi connectivity index (χ4v) is 8.95. The van der Waals surface area contributed by atoms with Gasteiger partial charge in [0, 0.05) is 43.8 Å². The Balaban J connectivity index is 0.000000352. The van der Waals surface area contributed by atoms with Crippen LogP contribution in [0.2, 0.25) is 0 Å². The maximum atomic E-state index is 2.65. The molecule has 8 aliphatic rings. The van der Waals surface area contributed by atoms with E-state index >= 15 is 0 Å². The van der Waals surface area contributed by atoms with Crippen LogP contribution in [0.1, 0.15) is 235 Å². The molecule has 4 saturated heterocycles. The lowest BCUT2D eigenvalue weighted by atomic mass is 9.68. The molecule has 4 aliphatic carbocycles. The Morgan fingerprint density at radius 3 is 0.678 bits per heavy atom. The number of hydrogen-bond acceptors (Lipinski definition) is 4. The third-order valence-corrected chi connectivity index (χ3v) is 13.7. The van der Waals surface area contributed by atoms with Gasteiger partial charge in [0.05, 0.1) is 0 Å². The molecule has 4 aliphatic heterocycles. The highest BCUT2D eigenvalue weighted by molar-refractivity contribution is 5.01. The molecule has 0 atom stereocenters. The number of rotatable bonds is 4. The van der Waals surface area contributed by atoms with E-state index in [1.54, 1.807) is 0 Å². The molecule has 354 valence electrons. The zero-order valence-corrected chi connectivity index (χ0v) is 44.7. The van der Waals surface area contributed by atoms with Gasteiger partial charge < -0.3 is 19.6 Å². The molecule has 4 nitrogen and oxygen atoms in total. The Morgan fingerprint density at radius 1 is 0.237 bits per heavy atom.